The van der Waals surface area contributed by atoms with Crippen molar-refractivity contribution in [2.75, 3.05) is 13.1 Å². The molecule has 1 aromatic carbocycles. The number of carboxylic acid groups (broad SMARTS) is 1. The van der Waals surface area contributed by atoms with Gasteiger partial charge >= 0.3 is 5.97 Å². The fraction of sp³-hybridized carbons (Fsp3) is 0.542. The van der Waals surface area contributed by atoms with Crippen LogP contribution in [0.5, 0.6) is 5.75 Å². The van der Waals surface area contributed by atoms with Crippen LogP contribution in [0.3, 0.4) is 0 Å². The number of carbonyl (C=O) groups is 4. The summed E-state index contributed by atoms with van der Waals surface area (Å²) in [6.45, 7) is 2.06. The molecule has 0 fully saturated rings. The molecule has 0 aromatic heterocycles. The molecule has 14 heteroatoms. The number of nitrogens with zero attached hydrogens (tertiary/aromatic N) is 1. The van der Waals surface area contributed by atoms with Crippen molar-refractivity contribution in [3.63, 3.8) is 0 Å². The lowest BCUT2D eigenvalue weighted by atomic mass is 10.0. The van der Waals surface area contributed by atoms with Crippen molar-refractivity contribution in [3.8, 4) is 5.75 Å². The zero-order chi connectivity index (χ0) is 28.7. The molecule has 0 radical (unpaired) electrons. The van der Waals surface area contributed by atoms with Gasteiger partial charge in [0.05, 0.1) is 6.04 Å². The Morgan fingerprint density at radius 3 is 1.89 bits per heavy atom. The first kappa shape index (κ1) is 32.1. The summed E-state index contributed by atoms with van der Waals surface area (Å²) in [4.78, 5) is 54.1. The summed E-state index contributed by atoms with van der Waals surface area (Å²) in [6, 6.07) is 1.63. The molecule has 0 aliphatic rings. The number of aliphatic carboxylic acids is 1. The monoisotopic (exact) mass is 536 g/mol. The van der Waals surface area contributed by atoms with E-state index in [1.54, 1.807) is 12.1 Å². The van der Waals surface area contributed by atoms with Crippen molar-refractivity contribution in [1.29, 1.82) is 0 Å². The van der Waals surface area contributed by atoms with Crippen molar-refractivity contribution in [3.05, 3.63) is 29.8 Å². The lowest BCUT2D eigenvalue weighted by molar-refractivity contribution is -0.142. The second kappa shape index (κ2) is 16.8. The number of rotatable bonds is 17. The summed E-state index contributed by atoms with van der Waals surface area (Å²) in [5.41, 5.74) is 22.4. The summed E-state index contributed by atoms with van der Waals surface area (Å²) in [7, 11) is 0. The molecule has 0 spiro atoms. The van der Waals surface area contributed by atoms with Crippen LogP contribution in [0.4, 0.5) is 0 Å². The Morgan fingerprint density at radius 2 is 1.39 bits per heavy atom. The van der Waals surface area contributed by atoms with E-state index in [2.05, 4.69) is 20.9 Å². The van der Waals surface area contributed by atoms with E-state index < -0.39 is 47.9 Å². The van der Waals surface area contributed by atoms with Gasteiger partial charge in [0.1, 0.15) is 23.9 Å². The highest BCUT2D eigenvalue weighted by molar-refractivity contribution is 5.94. The van der Waals surface area contributed by atoms with Crippen LogP contribution < -0.4 is 38.9 Å². The lowest BCUT2D eigenvalue weighted by Crippen LogP contribution is -2.57. The van der Waals surface area contributed by atoms with Gasteiger partial charge in [-0.15, -0.1) is 0 Å². The average molecular weight is 537 g/mol. The second-order valence-electron chi connectivity index (χ2n) is 8.91. The number of carbonyl (C=O) groups excluding carboxylic acids is 3. The van der Waals surface area contributed by atoms with E-state index in [1.807, 2.05) is 0 Å². The molecule has 4 unspecified atom stereocenters. The van der Waals surface area contributed by atoms with Gasteiger partial charge < -0.3 is 49.1 Å². The molecule has 0 aliphatic heterocycles. The number of hydrogen-bond donors (Lipinski definition) is 9. The molecular formula is C24H40N8O6. The van der Waals surface area contributed by atoms with E-state index in [1.165, 1.54) is 19.1 Å². The van der Waals surface area contributed by atoms with Crippen LogP contribution in [0.1, 0.15) is 44.6 Å². The number of nitrogens with one attached hydrogen (secondary N) is 3. The highest BCUT2D eigenvalue weighted by Gasteiger charge is 2.29. The van der Waals surface area contributed by atoms with Gasteiger partial charge in [0.25, 0.3) is 0 Å². The molecule has 4 atom stereocenters. The molecule has 0 saturated carbocycles. The summed E-state index contributed by atoms with van der Waals surface area (Å²) in [6.07, 6.45) is 1.78. The van der Waals surface area contributed by atoms with Crippen molar-refractivity contribution in [1.82, 2.24) is 16.0 Å². The zero-order valence-corrected chi connectivity index (χ0v) is 21.6. The number of nitrogens with two attached hydrogens (primary N) is 4. The minimum atomic E-state index is -1.30. The lowest BCUT2D eigenvalue weighted by Gasteiger charge is -2.25. The standard InChI is InChI=1S/C24H40N8O6/c1-14(26)20(34)30-17(5-2-3-11-25)21(35)31-18(6-4-12-29-24(27)28)22(36)32-19(23(37)38)13-15-7-9-16(33)10-8-15/h7-10,14,17-19,33H,2-6,11-13,25-26H2,1H3,(H,30,34)(H,31,35)(H,32,36)(H,37,38)(H4,27,28,29). The molecule has 0 saturated heterocycles. The molecule has 0 aliphatic carbocycles. The maximum atomic E-state index is 13.1. The van der Waals surface area contributed by atoms with Crippen LogP contribution >= 0.6 is 0 Å². The number of carboxylic acids is 1. The van der Waals surface area contributed by atoms with Gasteiger partial charge in [-0.2, -0.15) is 0 Å². The van der Waals surface area contributed by atoms with Crippen molar-refractivity contribution < 1.29 is 29.4 Å². The maximum Gasteiger partial charge on any atom is 0.326 e. The van der Waals surface area contributed by atoms with Gasteiger partial charge in [-0.3, -0.25) is 19.4 Å². The molecule has 212 valence electrons. The Labute approximate surface area is 221 Å². The second-order valence-corrected chi connectivity index (χ2v) is 8.91. The number of benzene rings is 1. The minimum absolute atomic E-state index is 0.0188. The predicted octanol–water partition coefficient (Wildman–Crippen LogP) is -2.00. The Kier molecular flexibility index (Phi) is 14.2. The molecule has 0 heterocycles. The van der Waals surface area contributed by atoms with Crippen LogP contribution in [0.25, 0.3) is 0 Å². The third kappa shape index (κ3) is 12.4. The third-order valence-corrected chi connectivity index (χ3v) is 5.56. The summed E-state index contributed by atoms with van der Waals surface area (Å²) in [5, 5.41) is 26.8. The topological polar surface area (TPSA) is 261 Å². The van der Waals surface area contributed by atoms with Gasteiger partial charge in [-0.25, -0.2) is 4.79 Å². The quantitative estimate of drug-likeness (QED) is 0.0600. The van der Waals surface area contributed by atoms with E-state index in [4.69, 9.17) is 22.9 Å². The molecule has 1 rings (SSSR count). The van der Waals surface area contributed by atoms with E-state index in [9.17, 15) is 29.4 Å². The molecule has 1 aromatic rings. The van der Waals surface area contributed by atoms with Crippen molar-refractivity contribution in [2.45, 2.75) is 69.6 Å². The van der Waals surface area contributed by atoms with E-state index in [0.717, 1.165) is 0 Å². The fourth-order valence-electron chi connectivity index (χ4n) is 3.45. The van der Waals surface area contributed by atoms with Gasteiger partial charge in [-0.1, -0.05) is 12.1 Å². The van der Waals surface area contributed by atoms with E-state index >= 15 is 0 Å². The molecule has 38 heavy (non-hydrogen) atoms. The van der Waals surface area contributed by atoms with Crippen molar-refractivity contribution in [2.24, 2.45) is 27.9 Å². The third-order valence-electron chi connectivity index (χ3n) is 5.56. The Bertz CT molecular complexity index is 950. The van der Waals surface area contributed by atoms with Crippen molar-refractivity contribution >= 4 is 29.7 Å². The van der Waals surface area contributed by atoms with Gasteiger partial charge in [0.2, 0.25) is 17.7 Å². The molecular weight excluding hydrogens is 496 g/mol. The molecule has 14 nitrogen and oxygen atoms in total. The summed E-state index contributed by atoms with van der Waals surface area (Å²) >= 11 is 0. The largest absolute Gasteiger partial charge is 0.508 e. The first-order valence-electron chi connectivity index (χ1n) is 12.4. The van der Waals surface area contributed by atoms with Gasteiger partial charge in [-0.05, 0) is 63.3 Å². The van der Waals surface area contributed by atoms with E-state index in [-0.39, 0.29) is 37.5 Å². The van der Waals surface area contributed by atoms with Crippen LogP contribution in [0.2, 0.25) is 0 Å². The zero-order valence-electron chi connectivity index (χ0n) is 21.6. The van der Waals surface area contributed by atoms with E-state index in [0.29, 0.717) is 31.4 Å². The first-order valence-corrected chi connectivity index (χ1v) is 12.4. The number of hydrogen-bond acceptors (Lipinski definition) is 8. The summed E-state index contributed by atoms with van der Waals surface area (Å²) in [5.74, 6) is -3.27. The van der Waals surface area contributed by atoms with Gasteiger partial charge in [0.15, 0.2) is 5.96 Å². The number of aliphatic imine (C=N–C) groups is 1. The number of phenolic OH excluding ortho intramolecular Hbond substituents is 1. The first-order chi connectivity index (χ1) is 17.9. The minimum Gasteiger partial charge on any atom is -0.508 e. The fourth-order valence-corrected chi connectivity index (χ4v) is 3.45. The number of amides is 3. The number of unbranched alkanes of at least 4 members (excludes halogenated alkanes) is 1. The van der Waals surface area contributed by atoms with Gasteiger partial charge in [0, 0.05) is 13.0 Å². The summed E-state index contributed by atoms with van der Waals surface area (Å²) < 4.78 is 0. The maximum absolute atomic E-state index is 13.1. The normalized spacial score (nSPS) is 13.9. The Hall–Kier alpha value is -3.91. The molecule has 13 N–H and O–H groups in total. The van der Waals surface area contributed by atoms with Crippen LogP contribution in [-0.4, -0.2) is 77.1 Å². The van der Waals surface area contributed by atoms with Crippen LogP contribution in [-0.2, 0) is 25.6 Å². The highest BCUT2D eigenvalue weighted by atomic mass is 16.4. The average Bonchev–Trinajstić information content (AvgIpc) is 2.85. The van der Waals surface area contributed by atoms with Crippen LogP contribution in [0.15, 0.2) is 29.3 Å². The predicted molar refractivity (Wildman–Crippen MR) is 142 cm³/mol. The Balaban J connectivity index is 3.05. The Morgan fingerprint density at radius 1 is 0.868 bits per heavy atom. The smallest absolute Gasteiger partial charge is 0.326 e. The molecule has 3 amide bonds. The number of guanidine groups is 1. The number of aromatic hydroxyl groups is 1. The SMILES string of the molecule is CC(N)C(=O)NC(CCCCN)C(=O)NC(CCCN=C(N)N)C(=O)NC(Cc1ccc(O)cc1)C(=O)O. The number of phenols is 1. The molecule has 0 bridgehead atoms. The van der Waals surface area contributed by atoms with Crippen LogP contribution in [0, 0.1) is 0 Å². The highest BCUT2D eigenvalue weighted by Crippen LogP contribution is 2.12.